The van der Waals surface area contributed by atoms with E-state index < -0.39 is 0 Å². The number of benzene rings is 1. The third-order valence-corrected chi connectivity index (χ3v) is 5.43. The van der Waals surface area contributed by atoms with Crippen LogP contribution in [0.2, 0.25) is 0 Å². The van der Waals surface area contributed by atoms with E-state index in [2.05, 4.69) is 0 Å². The van der Waals surface area contributed by atoms with Crippen molar-refractivity contribution in [2.45, 2.75) is 45.4 Å². The van der Waals surface area contributed by atoms with Gasteiger partial charge in [0.25, 0.3) is 5.91 Å². The monoisotopic (exact) mass is 344 g/mol. The Kier molecular flexibility index (Phi) is 5.61. The van der Waals surface area contributed by atoms with E-state index >= 15 is 0 Å². The maximum atomic E-state index is 12.7. The number of aromatic hydroxyl groups is 1. The minimum atomic E-state index is -0.137. The van der Waals surface area contributed by atoms with Crippen LogP contribution in [0, 0.1) is 12.8 Å². The molecule has 5 nitrogen and oxygen atoms in total. The van der Waals surface area contributed by atoms with Crippen molar-refractivity contribution in [3.05, 3.63) is 29.3 Å². The molecule has 0 saturated carbocycles. The van der Waals surface area contributed by atoms with Gasteiger partial charge in [0, 0.05) is 32.1 Å². The number of nitrogens with zero attached hydrogens (tertiary/aromatic N) is 2. The van der Waals surface area contributed by atoms with Gasteiger partial charge in [0.05, 0.1) is 5.56 Å². The van der Waals surface area contributed by atoms with Gasteiger partial charge in [0.15, 0.2) is 0 Å². The van der Waals surface area contributed by atoms with Crippen molar-refractivity contribution in [2.24, 2.45) is 5.92 Å². The first-order chi connectivity index (χ1) is 12.1. The van der Waals surface area contributed by atoms with E-state index in [1.165, 1.54) is 12.8 Å². The lowest BCUT2D eigenvalue weighted by Gasteiger charge is -2.34. The molecule has 1 aromatic carbocycles. The maximum Gasteiger partial charge on any atom is 0.257 e. The molecule has 2 aliphatic rings. The molecule has 1 aromatic rings. The van der Waals surface area contributed by atoms with Crippen molar-refractivity contribution in [1.29, 1.82) is 0 Å². The van der Waals surface area contributed by atoms with E-state index in [-0.39, 0.29) is 23.5 Å². The van der Waals surface area contributed by atoms with Crippen LogP contribution in [0.5, 0.6) is 5.75 Å². The summed E-state index contributed by atoms with van der Waals surface area (Å²) in [5, 5.41) is 9.96. The van der Waals surface area contributed by atoms with E-state index in [1.807, 2.05) is 11.8 Å². The van der Waals surface area contributed by atoms with Crippen LogP contribution < -0.4 is 0 Å². The lowest BCUT2D eigenvalue weighted by Crippen LogP contribution is -2.44. The van der Waals surface area contributed by atoms with Crippen LogP contribution in [0.15, 0.2) is 18.2 Å². The van der Waals surface area contributed by atoms with Gasteiger partial charge in [-0.3, -0.25) is 9.59 Å². The molecule has 0 spiro atoms. The number of phenols is 1. The number of hydrogen-bond donors (Lipinski definition) is 1. The van der Waals surface area contributed by atoms with Gasteiger partial charge in [0.1, 0.15) is 5.75 Å². The predicted molar refractivity (Wildman–Crippen MR) is 96.5 cm³/mol. The summed E-state index contributed by atoms with van der Waals surface area (Å²) in [6.07, 6.45) is 6.08. The number of aryl methyl sites for hydroxylation is 1. The Balaban J connectivity index is 1.58. The molecule has 2 heterocycles. The molecule has 2 saturated heterocycles. The van der Waals surface area contributed by atoms with Crippen LogP contribution in [-0.2, 0) is 4.79 Å². The summed E-state index contributed by atoms with van der Waals surface area (Å²) in [5.41, 5.74) is 1.31. The van der Waals surface area contributed by atoms with Crippen molar-refractivity contribution in [1.82, 2.24) is 9.80 Å². The van der Waals surface area contributed by atoms with Gasteiger partial charge in [-0.15, -0.1) is 0 Å². The second kappa shape index (κ2) is 7.89. The van der Waals surface area contributed by atoms with E-state index in [1.54, 1.807) is 23.1 Å². The molecule has 3 rings (SSSR count). The smallest absolute Gasteiger partial charge is 0.257 e. The average molecular weight is 344 g/mol. The molecule has 1 N–H and O–H groups in total. The largest absolute Gasteiger partial charge is 0.507 e. The van der Waals surface area contributed by atoms with Crippen LogP contribution >= 0.6 is 0 Å². The summed E-state index contributed by atoms with van der Waals surface area (Å²) < 4.78 is 0. The highest BCUT2D eigenvalue weighted by atomic mass is 16.3. The summed E-state index contributed by atoms with van der Waals surface area (Å²) in [5.74, 6) is 0.195. The molecular formula is C20H28N2O3. The first-order valence-corrected chi connectivity index (χ1v) is 9.44. The van der Waals surface area contributed by atoms with Crippen molar-refractivity contribution >= 4 is 11.8 Å². The zero-order valence-corrected chi connectivity index (χ0v) is 15.0. The summed E-state index contributed by atoms with van der Waals surface area (Å²) in [6, 6.07) is 5.09. The predicted octanol–water partition coefficient (Wildman–Crippen LogP) is 2.96. The zero-order valence-electron chi connectivity index (χ0n) is 15.0. The van der Waals surface area contributed by atoms with Crippen molar-refractivity contribution in [3.63, 3.8) is 0 Å². The Hall–Kier alpha value is -2.04. The molecule has 2 amide bonds. The molecule has 0 radical (unpaired) electrons. The molecule has 0 aliphatic carbocycles. The quantitative estimate of drug-likeness (QED) is 0.897. The Labute approximate surface area is 149 Å². The van der Waals surface area contributed by atoms with E-state index in [0.29, 0.717) is 31.5 Å². The number of amides is 2. The molecule has 0 unspecified atom stereocenters. The van der Waals surface area contributed by atoms with Gasteiger partial charge < -0.3 is 14.9 Å². The highest BCUT2D eigenvalue weighted by Crippen LogP contribution is 2.25. The molecule has 0 atom stereocenters. The Bertz CT molecular complexity index is 628. The van der Waals surface area contributed by atoms with E-state index in [9.17, 15) is 14.7 Å². The standard InChI is InChI=1S/C20H28N2O3/c1-15-6-7-18(23)17(14-15)20(25)22-12-8-16(9-13-22)19(24)21-10-4-2-3-5-11-21/h6-7,14,16,23H,2-5,8-13H2,1H3. The number of carbonyl (C=O) groups excluding carboxylic acids is 2. The minimum Gasteiger partial charge on any atom is -0.507 e. The third-order valence-electron chi connectivity index (χ3n) is 5.43. The highest BCUT2D eigenvalue weighted by Gasteiger charge is 2.31. The van der Waals surface area contributed by atoms with Crippen LogP contribution in [0.1, 0.15) is 54.4 Å². The van der Waals surface area contributed by atoms with Crippen LogP contribution in [-0.4, -0.2) is 52.9 Å². The molecule has 136 valence electrons. The highest BCUT2D eigenvalue weighted by molar-refractivity contribution is 5.97. The van der Waals surface area contributed by atoms with Crippen molar-refractivity contribution in [3.8, 4) is 5.75 Å². The van der Waals surface area contributed by atoms with Gasteiger partial charge in [0.2, 0.25) is 5.91 Å². The molecule has 0 aromatic heterocycles. The van der Waals surface area contributed by atoms with Crippen LogP contribution in [0.4, 0.5) is 0 Å². The summed E-state index contributed by atoms with van der Waals surface area (Å²) in [7, 11) is 0. The first kappa shape index (κ1) is 17.8. The SMILES string of the molecule is Cc1ccc(O)c(C(=O)N2CCC(C(=O)N3CCCCCC3)CC2)c1. The van der Waals surface area contributed by atoms with Crippen molar-refractivity contribution in [2.75, 3.05) is 26.2 Å². The van der Waals surface area contributed by atoms with Gasteiger partial charge in [-0.05, 0) is 44.7 Å². The fraction of sp³-hybridized carbons (Fsp3) is 0.600. The average Bonchev–Trinajstić information content (AvgIpc) is 2.92. The van der Waals surface area contributed by atoms with Gasteiger partial charge in [-0.25, -0.2) is 0 Å². The maximum absolute atomic E-state index is 12.7. The Morgan fingerprint density at radius 2 is 1.60 bits per heavy atom. The fourth-order valence-electron chi connectivity index (χ4n) is 3.87. The lowest BCUT2D eigenvalue weighted by molar-refractivity contribution is -0.136. The van der Waals surface area contributed by atoms with Crippen LogP contribution in [0.3, 0.4) is 0 Å². The number of piperidine rings is 1. The molecule has 5 heteroatoms. The Morgan fingerprint density at radius 3 is 2.24 bits per heavy atom. The molecular weight excluding hydrogens is 316 g/mol. The second-order valence-electron chi connectivity index (χ2n) is 7.33. The molecule has 2 fully saturated rings. The second-order valence-corrected chi connectivity index (χ2v) is 7.33. The summed E-state index contributed by atoms with van der Waals surface area (Å²) >= 11 is 0. The summed E-state index contributed by atoms with van der Waals surface area (Å²) in [6.45, 7) is 4.83. The van der Waals surface area contributed by atoms with Crippen LogP contribution in [0.25, 0.3) is 0 Å². The van der Waals surface area contributed by atoms with E-state index in [0.717, 1.165) is 31.5 Å². The number of hydrogen-bond acceptors (Lipinski definition) is 3. The third kappa shape index (κ3) is 4.14. The molecule has 25 heavy (non-hydrogen) atoms. The summed E-state index contributed by atoms with van der Waals surface area (Å²) in [4.78, 5) is 29.2. The van der Waals surface area contributed by atoms with Gasteiger partial charge >= 0.3 is 0 Å². The van der Waals surface area contributed by atoms with Gasteiger partial charge in [-0.1, -0.05) is 24.5 Å². The normalized spacial score (nSPS) is 19.6. The number of phenolic OH excluding ortho intramolecular Hbond substituents is 1. The Morgan fingerprint density at radius 1 is 0.960 bits per heavy atom. The fourth-order valence-corrected chi connectivity index (χ4v) is 3.87. The number of rotatable bonds is 2. The first-order valence-electron chi connectivity index (χ1n) is 9.44. The molecule has 0 bridgehead atoms. The minimum absolute atomic E-state index is 0.0263. The molecule has 2 aliphatic heterocycles. The van der Waals surface area contributed by atoms with E-state index in [4.69, 9.17) is 0 Å². The number of carbonyl (C=O) groups is 2. The van der Waals surface area contributed by atoms with Crippen molar-refractivity contribution < 1.29 is 14.7 Å². The van der Waals surface area contributed by atoms with Gasteiger partial charge in [-0.2, -0.15) is 0 Å². The number of likely N-dealkylation sites (tertiary alicyclic amines) is 2. The zero-order chi connectivity index (χ0) is 17.8. The topological polar surface area (TPSA) is 60.9 Å². The lowest BCUT2D eigenvalue weighted by atomic mass is 9.94.